The molecule has 5 atom stereocenters. The van der Waals surface area contributed by atoms with Crippen molar-refractivity contribution < 1.29 is 9.53 Å². The summed E-state index contributed by atoms with van der Waals surface area (Å²) in [7, 11) is 0. The van der Waals surface area contributed by atoms with Gasteiger partial charge in [-0.15, -0.1) is 0 Å². The Kier molecular flexibility index (Phi) is 4.42. The zero-order valence-electron chi connectivity index (χ0n) is 16.3. The van der Waals surface area contributed by atoms with Crippen LogP contribution in [0.2, 0.25) is 0 Å². The van der Waals surface area contributed by atoms with Crippen LogP contribution in [-0.4, -0.2) is 35.0 Å². The first kappa shape index (κ1) is 17.7. The standard InChI is InChI=1S/C22H30N2O2/c1-5-24-21(25)18-13-22(24)19(23-20(26-22)11-14(2)3)12-17(15(18)4)16-9-7-6-8-10-16/h6-10,14-15,17-18,20H,5,11-13H2,1-4H3/t15-,17+,18+,20-,22+/m1/s1. The first-order valence-corrected chi connectivity index (χ1v) is 10.1. The third-order valence-corrected chi connectivity index (χ3v) is 6.50. The number of nitrogens with zero attached hydrogens (tertiary/aromatic N) is 2. The highest BCUT2D eigenvalue weighted by molar-refractivity contribution is 6.01. The van der Waals surface area contributed by atoms with Gasteiger partial charge in [0.25, 0.3) is 0 Å². The summed E-state index contributed by atoms with van der Waals surface area (Å²) in [6, 6.07) is 10.6. The van der Waals surface area contributed by atoms with Crippen LogP contribution in [0.15, 0.2) is 35.3 Å². The normalized spacial score (nSPS) is 36.3. The van der Waals surface area contributed by atoms with E-state index in [1.807, 2.05) is 4.90 Å². The third-order valence-electron chi connectivity index (χ3n) is 6.50. The highest BCUT2D eigenvalue weighted by atomic mass is 16.6. The summed E-state index contributed by atoms with van der Waals surface area (Å²) in [6.45, 7) is 9.38. The summed E-state index contributed by atoms with van der Waals surface area (Å²) in [5.74, 6) is 1.41. The van der Waals surface area contributed by atoms with E-state index >= 15 is 0 Å². The van der Waals surface area contributed by atoms with Gasteiger partial charge in [-0.1, -0.05) is 51.1 Å². The zero-order chi connectivity index (χ0) is 18.5. The maximum absolute atomic E-state index is 13.2. The van der Waals surface area contributed by atoms with Crippen LogP contribution in [0.5, 0.6) is 0 Å². The average molecular weight is 354 g/mol. The van der Waals surface area contributed by atoms with Gasteiger partial charge in [-0.25, -0.2) is 0 Å². The van der Waals surface area contributed by atoms with E-state index in [0.29, 0.717) is 24.3 Å². The van der Waals surface area contributed by atoms with E-state index in [9.17, 15) is 4.79 Å². The summed E-state index contributed by atoms with van der Waals surface area (Å²) < 4.78 is 6.54. The Hall–Kier alpha value is -1.68. The molecule has 0 unspecified atom stereocenters. The molecule has 2 fully saturated rings. The first-order valence-electron chi connectivity index (χ1n) is 10.1. The van der Waals surface area contributed by atoms with Crippen LogP contribution in [0.1, 0.15) is 58.4 Å². The van der Waals surface area contributed by atoms with Crippen molar-refractivity contribution in [2.75, 3.05) is 6.54 Å². The predicted molar refractivity (Wildman–Crippen MR) is 103 cm³/mol. The Morgan fingerprint density at radius 2 is 2.00 bits per heavy atom. The van der Waals surface area contributed by atoms with Crippen LogP contribution in [-0.2, 0) is 9.53 Å². The summed E-state index contributed by atoms with van der Waals surface area (Å²) in [4.78, 5) is 20.2. The minimum atomic E-state index is -0.589. The van der Waals surface area contributed by atoms with Crippen molar-refractivity contribution in [2.45, 2.75) is 64.8 Å². The van der Waals surface area contributed by atoms with E-state index in [2.05, 4.69) is 58.0 Å². The summed E-state index contributed by atoms with van der Waals surface area (Å²) in [5, 5.41) is 0. The molecule has 1 aromatic carbocycles. The lowest BCUT2D eigenvalue weighted by Gasteiger charge is -2.37. The minimum absolute atomic E-state index is 0.0191. The van der Waals surface area contributed by atoms with Gasteiger partial charge < -0.3 is 9.64 Å². The predicted octanol–water partition coefficient (Wildman–Crippen LogP) is 4.22. The smallest absolute Gasteiger partial charge is 0.228 e. The fraction of sp³-hybridized carbons (Fsp3) is 0.636. The fourth-order valence-electron chi connectivity index (χ4n) is 5.19. The molecule has 1 aliphatic carbocycles. The summed E-state index contributed by atoms with van der Waals surface area (Å²) >= 11 is 0. The van der Waals surface area contributed by atoms with E-state index in [4.69, 9.17) is 9.73 Å². The van der Waals surface area contributed by atoms with Gasteiger partial charge in [-0.2, -0.15) is 0 Å². The lowest BCUT2D eigenvalue weighted by molar-refractivity contribution is -0.148. The molecule has 0 N–H and O–H groups in total. The average Bonchev–Trinajstić information content (AvgIpc) is 3.05. The quantitative estimate of drug-likeness (QED) is 0.812. The Bertz CT molecular complexity index is 714. The molecule has 26 heavy (non-hydrogen) atoms. The van der Waals surface area contributed by atoms with Crippen LogP contribution < -0.4 is 0 Å². The van der Waals surface area contributed by atoms with Crippen LogP contribution in [0.25, 0.3) is 0 Å². The highest BCUT2D eigenvalue weighted by Gasteiger charge is 2.61. The van der Waals surface area contributed by atoms with Gasteiger partial charge in [0.15, 0.2) is 12.0 Å². The molecule has 1 aromatic rings. The van der Waals surface area contributed by atoms with Crippen molar-refractivity contribution in [1.29, 1.82) is 0 Å². The van der Waals surface area contributed by atoms with Crippen molar-refractivity contribution in [2.24, 2.45) is 22.7 Å². The van der Waals surface area contributed by atoms with Gasteiger partial charge in [-0.3, -0.25) is 9.79 Å². The Labute approximate surface area is 156 Å². The van der Waals surface area contributed by atoms with Crippen molar-refractivity contribution in [3.05, 3.63) is 35.9 Å². The van der Waals surface area contributed by atoms with Crippen LogP contribution >= 0.6 is 0 Å². The third kappa shape index (κ3) is 2.61. The Balaban J connectivity index is 1.76. The number of hydrogen-bond donors (Lipinski definition) is 0. The topological polar surface area (TPSA) is 41.9 Å². The SMILES string of the molecule is CCN1C(=O)[C@H]2C[C@@]13O[C@H](CC(C)C)N=C3C[C@H](c1ccccc1)[C@H]2C. The first-order chi connectivity index (χ1) is 12.5. The van der Waals surface area contributed by atoms with Crippen LogP contribution in [0.4, 0.5) is 0 Å². The molecule has 2 heterocycles. The molecule has 2 aliphatic heterocycles. The number of ether oxygens (including phenoxy) is 1. The number of rotatable bonds is 4. The number of hydrogen-bond acceptors (Lipinski definition) is 3. The van der Waals surface area contributed by atoms with Gasteiger partial charge in [0, 0.05) is 18.9 Å². The van der Waals surface area contributed by atoms with Crippen LogP contribution in [0.3, 0.4) is 0 Å². The zero-order valence-corrected chi connectivity index (χ0v) is 16.3. The Morgan fingerprint density at radius 1 is 1.27 bits per heavy atom. The molecule has 0 radical (unpaired) electrons. The van der Waals surface area contributed by atoms with Crippen LogP contribution in [0, 0.1) is 17.8 Å². The number of benzene rings is 1. The molecule has 1 saturated carbocycles. The van der Waals surface area contributed by atoms with E-state index in [0.717, 1.165) is 25.0 Å². The lowest BCUT2D eigenvalue weighted by Crippen LogP contribution is -2.52. The molecular weight excluding hydrogens is 324 g/mol. The van der Waals surface area contributed by atoms with Gasteiger partial charge in [0.05, 0.1) is 5.71 Å². The maximum Gasteiger partial charge on any atom is 0.228 e. The summed E-state index contributed by atoms with van der Waals surface area (Å²) in [6.07, 6.45) is 2.45. The van der Waals surface area contributed by atoms with Crippen molar-refractivity contribution in [3.8, 4) is 0 Å². The number of fused-ring (bicyclic) bond motifs is 1. The number of aliphatic imine (C=N–C) groups is 1. The second kappa shape index (κ2) is 6.49. The summed E-state index contributed by atoms with van der Waals surface area (Å²) in [5.41, 5.74) is 1.82. The van der Waals surface area contributed by atoms with Crippen molar-refractivity contribution >= 4 is 11.6 Å². The highest BCUT2D eigenvalue weighted by Crippen LogP contribution is 2.52. The molecule has 1 spiro atoms. The largest absolute Gasteiger partial charge is 0.325 e. The number of amides is 1. The van der Waals surface area contributed by atoms with E-state index in [-0.39, 0.29) is 18.1 Å². The molecule has 2 bridgehead atoms. The molecule has 4 rings (SSSR count). The van der Waals surface area contributed by atoms with Crippen molar-refractivity contribution in [3.63, 3.8) is 0 Å². The number of carbonyl (C=O) groups is 1. The molecule has 1 saturated heterocycles. The monoisotopic (exact) mass is 354 g/mol. The molecule has 4 heteroatoms. The van der Waals surface area contributed by atoms with E-state index in [1.165, 1.54) is 5.56 Å². The van der Waals surface area contributed by atoms with E-state index in [1.54, 1.807) is 0 Å². The molecule has 3 aliphatic rings. The minimum Gasteiger partial charge on any atom is -0.325 e. The molecule has 4 nitrogen and oxygen atoms in total. The molecule has 0 aromatic heterocycles. The maximum atomic E-state index is 13.2. The van der Waals surface area contributed by atoms with Gasteiger partial charge in [0.2, 0.25) is 5.91 Å². The second-order valence-corrected chi connectivity index (χ2v) is 8.54. The Morgan fingerprint density at radius 3 is 2.65 bits per heavy atom. The van der Waals surface area contributed by atoms with Crippen molar-refractivity contribution in [1.82, 2.24) is 4.90 Å². The van der Waals surface area contributed by atoms with Gasteiger partial charge in [-0.05, 0) is 43.1 Å². The van der Waals surface area contributed by atoms with Gasteiger partial charge in [0.1, 0.15) is 0 Å². The fourth-order valence-corrected chi connectivity index (χ4v) is 5.19. The van der Waals surface area contributed by atoms with Gasteiger partial charge >= 0.3 is 0 Å². The lowest BCUT2D eigenvalue weighted by atomic mass is 9.78. The van der Waals surface area contributed by atoms with E-state index < -0.39 is 5.72 Å². The number of carbonyl (C=O) groups excluding carboxylic acids is 1. The number of likely N-dealkylation sites (tertiary alicyclic amines) is 1. The molecule has 1 amide bonds. The molecule has 140 valence electrons. The second-order valence-electron chi connectivity index (χ2n) is 8.54. The molecular formula is C22H30N2O2.